The highest BCUT2D eigenvalue weighted by atomic mass is 16.5. The molecule has 0 atom stereocenters. The maximum absolute atomic E-state index is 13.8. The summed E-state index contributed by atoms with van der Waals surface area (Å²) in [6, 6.07) is 14.8. The summed E-state index contributed by atoms with van der Waals surface area (Å²) < 4.78 is 10.0. The zero-order chi connectivity index (χ0) is 36.5. The molecule has 2 heterocycles. The molecule has 2 aliphatic rings. The van der Waals surface area contributed by atoms with E-state index in [1.807, 2.05) is 24.3 Å². The standard InChI is InChI=1S/C42H38N2O8/c1-3-33(45)51-23-11-7-5-9-21-43-39(47)29-17-13-25-27-15-19-31-38-32(42(50)44(41(31)49)22-10-6-8-12-24-52-34(46)4-2)20-16-28(36(27)38)26-14-18-30(40(43)48)37(29)35(25)26/h3-4,13-20H,1-2,5-12,21-24H2. The van der Waals surface area contributed by atoms with E-state index in [4.69, 9.17) is 9.47 Å². The van der Waals surface area contributed by atoms with Gasteiger partial charge in [0.25, 0.3) is 23.6 Å². The number of carbonyl (C=O) groups is 6. The van der Waals surface area contributed by atoms with Gasteiger partial charge in [-0.25, -0.2) is 9.59 Å². The second-order valence-electron chi connectivity index (χ2n) is 13.2. The van der Waals surface area contributed by atoms with Crippen molar-refractivity contribution in [3.8, 4) is 0 Å². The van der Waals surface area contributed by atoms with Crippen molar-refractivity contribution in [3.05, 3.63) is 96.1 Å². The molecule has 10 nitrogen and oxygen atoms in total. The predicted octanol–water partition coefficient (Wildman–Crippen LogP) is 7.51. The Kier molecular flexibility index (Phi) is 9.55. The van der Waals surface area contributed by atoms with Crippen molar-refractivity contribution >= 4 is 78.7 Å². The molecule has 4 amide bonds. The fourth-order valence-corrected chi connectivity index (χ4v) is 7.69. The molecule has 0 saturated carbocycles. The lowest BCUT2D eigenvalue weighted by atomic mass is 9.82. The molecule has 264 valence electrons. The van der Waals surface area contributed by atoms with Crippen LogP contribution in [-0.2, 0) is 19.1 Å². The summed E-state index contributed by atoms with van der Waals surface area (Å²) in [5.74, 6) is -2.22. The zero-order valence-corrected chi connectivity index (χ0v) is 28.8. The number of rotatable bonds is 16. The minimum absolute atomic E-state index is 0.286. The van der Waals surface area contributed by atoms with Gasteiger partial charge in [0, 0.05) is 58.3 Å². The summed E-state index contributed by atoms with van der Waals surface area (Å²) in [4.78, 5) is 80.3. The quantitative estimate of drug-likeness (QED) is 0.0259. The fourth-order valence-electron chi connectivity index (χ4n) is 7.69. The van der Waals surface area contributed by atoms with Crippen LogP contribution in [0.15, 0.2) is 73.8 Å². The van der Waals surface area contributed by atoms with E-state index in [0.29, 0.717) is 71.9 Å². The van der Waals surface area contributed by atoms with Gasteiger partial charge in [0.15, 0.2) is 0 Å². The Morgan fingerprint density at radius 1 is 0.462 bits per heavy atom. The van der Waals surface area contributed by atoms with E-state index >= 15 is 0 Å². The van der Waals surface area contributed by atoms with Gasteiger partial charge in [-0.1, -0.05) is 50.3 Å². The summed E-state index contributed by atoms with van der Waals surface area (Å²) in [7, 11) is 0. The van der Waals surface area contributed by atoms with Crippen molar-refractivity contribution < 1.29 is 38.2 Å². The first-order chi connectivity index (χ1) is 25.3. The van der Waals surface area contributed by atoms with Crippen LogP contribution >= 0.6 is 0 Å². The number of imide groups is 2. The number of esters is 2. The van der Waals surface area contributed by atoms with Crippen LogP contribution in [0.5, 0.6) is 0 Å². The number of fused-ring (bicyclic) bond motifs is 2. The number of hydrogen-bond donors (Lipinski definition) is 0. The molecule has 0 saturated heterocycles. The van der Waals surface area contributed by atoms with Gasteiger partial charge in [-0.15, -0.1) is 0 Å². The van der Waals surface area contributed by atoms with Gasteiger partial charge in [-0.2, -0.15) is 0 Å². The van der Waals surface area contributed by atoms with Gasteiger partial charge < -0.3 is 9.47 Å². The Balaban J connectivity index is 1.14. The predicted molar refractivity (Wildman–Crippen MR) is 198 cm³/mol. The Bertz CT molecular complexity index is 2060. The lowest BCUT2D eigenvalue weighted by Crippen LogP contribution is -2.41. The van der Waals surface area contributed by atoms with E-state index in [1.54, 1.807) is 24.3 Å². The number of carbonyl (C=O) groups excluding carboxylic acids is 6. The zero-order valence-electron chi connectivity index (χ0n) is 28.8. The fraction of sp³-hybridized carbons (Fsp3) is 0.286. The molecule has 0 aromatic heterocycles. The summed E-state index contributed by atoms with van der Waals surface area (Å²) in [5, 5.41) is 6.27. The maximum Gasteiger partial charge on any atom is 0.330 e. The number of amides is 4. The lowest BCUT2D eigenvalue weighted by molar-refractivity contribution is -0.138. The van der Waals surface area contributed by atoms with Crippen molar-refractivity contribution in [2.24, 2.45) is 0 Å². The third-order valence-corrected chi connectivity index (χ3v) is 10.2. The molecule has 0 bridgehead atoms. The number of hydrogen-bond acceptors (Lipinski definition) is 8. The van der Waals surface area contributed by atoms with Crippen molar-refractivity contribution in [3.63, 3.8) is 0 Å². The van der Waals surface area contributed by atoms with Crippen LogP contribution in [0.4, 0.5) is 0 Å². The molecular formula is C42H38N2O8. The molecule has 5 aromatic rings. The van der Waals surface area contributed by atoms with Gasteiger partial charge >= 0.3 is 11.9 Å². The number of nitrogens with zero attached hydrogens (tertiary/aromatic N) is 2. The molecule has 0 fully saturated rings. The van der Waals surface area contributed by atoms with Gasteiger partial charge in [-0.05, 0) is 95.1 Å². The first-order valence-corrected chi connectivity index (χ1v) is 17.8. The van der Waals surface area contributed by atoms with Gasteiger partial charge in [0.1, 0.15) is 0 Å². The van der Waals surface area contributed by atoms with E-state index in [2.05, 4.69) is 13.2 Å². The van der Waals surface area contributed by atoms with E-state index < -0.39 is 11.9 Å². The van der Waals surface area contributed by atoms with E-state index in [-0.39, 0.29) is 36.7 Å². The molecule has 0 aliphatic carbocycles. The highest BCUT2D eigenvalue weighted by Gasteiger charge is 2.36. The first kappa shape index (κ1) is 34.5. The minimum atomic E-state index is -0.452. The molecule has 0 N–H and O–H groups in total. The Labute approximate surface area is 299 Å². The van der Waals surface area contributed by atoms with Crippen LogP contribution in [0, 0.1) is 0 Å². The van der Waals surface area contributed by atoms with Crippen LogP contribution in [0.2, 0.25) is 0 Å². The van der Waals surface area contributed by atoms with Crippen molar-refractivity contribution in [1.82, 2.24) is 9.80 Å². The molecule has 7 rings (SSSR count). The van der Waals surface area contributed by atoms with Crippen LogP contribution in [0.3, 0.4) is 0 Å². The van der Waals surface area contributed by atoms with Gasteiger partial charge in [0.2, 0.25) is 0 Å². The summed E-state index contributed by atoms with van der Waals surface area (Å²) >= 11 is 0. The molecule has 52 heavy (non-hydrogen) atoms. The SMILES string of the molecule is C=CC(=O)OCCCCCCN1C(=O)c2ccc3c4ccc5c6c(ccc(c7ccc(c2c37)C1=O)c64)C(=O)N(CCCCCCOC(=O)C=C)C5=O. The highest BCUT2D eigenvalue weighted by molar-refractivity contribution is 6.41. The smallest absolute Gasteiger partial charge is 0.330 e. The molecule has 10 heteroatoms. The summed E-state index contributed by atoms with van der Waals surface area (Å²) in [6.07, 6.45) is 8.02. The average Bonchev–Trinajstić information content (AvgIpc) is 3.16. The van der Waals surface area contributed by atoms with Crippen molar-refractivity contribution in [1.29, 1.82) is 0 Å². The van der Waals surface area contributed by atoms with E-state index in [9.17, 15) is 28.8 Å². The van der Waals surface area contributed by atoms with Gasteiger partial charge in [-0.3, -0.25) is 29.0 Å². The second-order valence-corrected chi connectivity index (χ2v) is 13.2. The Hall–Kier alpha value is -5.90. The molecule has 0 radical (unpaired) electrons. The number of ether oxygens (including phenoxy) is 2. The number of benzene rings is 5. The highest BCUT2D eigenvalue weighted by Crippen LogP contribution is 2.46. The third kappa shape index (κ3) is 5.87. The van der Waals surface area contributed by atoms with Crippen LogP contribution < -0.4 is 0 Å². The normalized spacial score (nSPS) is 13.9. The minimum Gasteiger partial charge on any atom is -0.463 e. The largest absolute Gasteiger partial charge is 0.463 e. The topological polar surface area (TPSA) is 127 Å². The average molecular weight is 699 g/mol. The molecule has 0 spiro atoms. The van der Waals surface area contributed by atoms with E-state index in [1.165, 1.54) is 9.80 Å². The molecule has 2 aliphatic heterocycles. The summed E-state index contributed by atoms with van der Waals surface area (Å²) in [5.41, 5.74) is 1.89. The van der Waals surface area contributed by atoms with E-state index in [0.717, 1.165) is 70.2 Å². The monoisotopic (exact) mass is 698 g/mol. The second kappa shape index (κ2) is 14.4. The van der Waals surface area contributed by atoms with Crippen molar-refractivity contribution in [2.75, 3.05) is 26.3 Å². The molecular weight excluding hydrogens is 660 g/mol. The first-order valence-electron chi connectivity index (χ1n) is 17.8. The third-order valence-electron chi connectivity index (χ3n) is 10.2. The van der Waals surface area contributed by atoms with Crippen LogP contribution in [0.25, 0.3) is 43.1 Å². The van der Waals surface area contributed by atoms with Crippen LogP contribution in [0.1, 0.15) is 92.8 Å². The maximum atomic E-state index is 13.8. The van der Waals surface area contributed by atoms with Crippen molar-refractivity contribution in [2.45, 2.75) is 51.4 Å². The Morgan fingerprint density at radius 2 is 0.769 bits per heavy atom. The Morgan fingerprint density at radius 3 is 1.08 bits per heavy atom. The molecule has 5 aromatic carbocycles. The van der Waals surface area contributed by atoms with Gasteiger partial charge in [0.05, 0.1) is 13.2 Å². The van der Waals surface area contributed by atoms with Crippen LogP contribution in [-0.4, -0.2) is 71.7 Å². The lowest BCUT2D eigenvalue weighted by Gasteiger charge is -2.30. The molecule has 0 unspecified atom stereocenters. The number of unbranched alkanes of at least 4 members (excludes halogenated alkanes) is 6. The summed E-state index contributed by atoms with van der Waals surface area (Å²) in [6.45, 7) is 7.94.